The van der Waals surface area contributed by atoms with Crippen LogP contribution in [-0.4, -0.2) is 43.8 Å². The van der Waals surface area contributed by atoms with Gasteiger partial charge >= 0.3 is 0 Å². The summed E-state index contributed by atoms with van der Waals surface area (Å²) >= 11 is 12.5. The second kappa shape index (κ2) is 10.5. The summed E-state index contributed by atoms with van der Waals surface area (Å²) in [5.41, 5.74) is 7.73. The zero-order chi connectivity index (χ0) is 24.1. The average molecular weight is 502 g/mol. The van der Waals surface area contributed by atoms with Gasteiger partial charge in [0.2, 0.25) is 0 Å². The SMILES string of the molecule is COc1cc(Nc2c(C#N)cnc3cc(OCCCN4NC=NN4)c(OC)cc23)c(Cl)cc1Cl. The number of ether oxygens (including phenoxy) is 3. The predicted octanol–water partition coefficient (Wildman–Crippen LogP) is 4.21. The number of nitrogens with zero attached hydrogens (tertiary/aromatic N) is 4. The normalized spacial score (nSPS) is 12.7. The summed E-state index contributed by atoms with van der Waals surface area (Å²) in [5, 5.41) is 19.9. The van der Waals surface area contributed by atoms with Crippen LogP contribution in [0.1, 0.15) is 12.0 Å². The number of hydrazone groups is 1. The number of aromatic nitrogens is 1. The molecule has 34 heavy (non-hydrogen) atoms. The molecule has 3 aromatic rings. The molecular formula is C22H21Cl2N7O3. The minimum Gasteiger partial charge on any atom is -0.495 e. The lowest BCUT2D eigenvalue weighted by molar-refractivity contribution is 0.162. The smallest absolute Gasteiger partial charge is 0.163 e. The zero-order valence-corrected chi connectivity index (χ0v) is 19.9. The highest BCUT2D eigenvalue weighted by Crippen LogP contribution is 2.40. The van der Waals surface area contributed by atoms with E-state index in [-0.39, 0.29) is 0 Å². The summed E-state index contributed by atoms with van der Waals surface area (Å²) in [6, 6.07) is 8.96. The summed E-state index contributed by atoms with van der Waals surface area (Å²) in [4.78, 5) is 4.43. The Labute approximate surface area is 205 Å². The first kappa shape index (κ1) is 23.5. The Kier molecular flexibility index (Phi) is 7.27. The third-order valence-corrected chi connectivity index (χ3v) is 5.62. The molecule has 3 N–H and O–H groups in total. The van der Waals surface area contributed by atoms with Crippen molar-refractivity contribution in [2.24, 2.45) is 5.10 Å². The maximum atomic E-state index is 9.70. The summed E-state index contributed by atoms with van der Waals surface area (Å²) < 4.78 is 16.8. The second-order valence-electron chi connectivity index (χ2n) is 7.11. The van der Waals surface area contributed by atoms with Gasteiger partial charge < -0.3 is 19.5 Å². The van der Waals surface area contributed by atoms with E-state index in [1.807, 2.05) is 0 Å². The molecule has 0 saturated carbocycles. The van der Waals surface area contributed by atoms with Crippen LogP contribution in [-0.2, 0) is 0 Å². The highest BCUT2D eigenvalue weighted by atomic mass is 35.5. The Bertz CT molecular complexity index is 1270. The first-order valence-electron chi connectivity index (χ1n) is 10.2. The van der Waals surface area contributed by atoms with Gasteiger partial charge in [0, 0.05) is 30.3 Å². The lowest BCUT2D eigenvalue weighted by Crippen LogP contribution is -2.40. The topological polar surface area (TPSA) is 116 Å². The van der Waals surface area contributed by atoms with Crippen LogP contribution in [0.3, 0.4) is 0 Å². The third kappa shape index (κ3) is 4.97. The summed E-state index contributed by atoms with van der Waals surface area (Å²) in [5.74, 6) is 1.50. The van der Waals surface area contributed by atoms with Gasteiger partial charge in [0.25, 0.3) is 0 Å². The lowest BCUT2D eigenvalue weighted by atomic mass is 10.1. The molecule has 2 heterocycles. The number of rotatable bonds is 9. The van der Waals surface area contributed by atoms with Crippen molar-refractivity contribution in [3.63, 3.8) is 0 Å². The summed E-state index contributed by atoms with van der Waals surface area (Å²) in [6.45, 7) is 1.13. The Hall–Kier alpha value is -3.65. The Morgan fingerprint density at radius 2 is 1.91 bits per heavy atom. The van der Waals surface area contributed by atoms with Crippen molar-refractivity contribution in [1.29, 1.82) is 5.26 Å². The number of hydrogen-bond acceptors (Lipinski definition) is 10. The van der Waals surface area contributed by atoms with Gasteiger partial charge in [0.15, 0.2) is 11.5 Å². The van der Waals surface area contributed by atoms with Gasteiger partial charge in [-0.1, -0.05) is 23.2 Å². The van der Waals surface area contributed by atoms with Crippen LogP contribution in [0.5, 0.6) is 17.2 Å². The molecule has 0 aliphatic carbocycles. The van der Waals surface area contributed by atoms with Crippen molar-refractivity contribution >= 4 is 51.8 Å². The molecule has 1 aliphatic heterocycles. The van der Waals surface area contributed by atoms with Gasteiger partial charge in [-0.15, -0.1) is 5.12 Å². The molecule has 0 saturated heterocycles. The molecule has 0 unspecified atom stereocenters. The molecule has 0 amide bonds. The number of anilines is 2. The first-order valence-corrected chi connectivity index (χ1v) is 10.9. The van der Waals surface area contributed by atoms with Gasteiger partial charge in [-0.25, -0.2) is 5.53 Å². The predicted molar refractivity (Wildman–Crippen MR) is 131 cm³/mol. The van der Waals surface area contributed by atoms with Crippen LogP contribution in [0.25, 0.3) is 10.9 Å². The molecule has 0 bridgehead atoms. The minimum absolute atomic E-state index is 0.334. The number of hydrogen-bond donors (Lipinski definition) is 3. The van der Waals surface area contributed by atoms with Crippen molar-refractivity contribution in [1.82, 2.24) is 21.1 Å². The summed E-state index contributed by atoms with van der Waals surface area (Å²) in [6.07, 6.45) is 3.79. The van der Waals surface area contributed by atoms with Gasteiger partial charge in [-0.05, 0) is 18.6 Å². The molecule has 10 nitrogen and oxygen atoms in total. The maximum Gasteiger partial charge on any atom is 0.163 e. The lowest BCUT2D eigenvalue weighted by Gasteiger charge is -2.17. The Morgan fingerprint density at radius 3 is 2.62 bits per heavy atom. The van der Waals surface area contributed by atoms with E-state index in [2.05, 4.69) is 32.4 Å². The number of benzene rings is 2. The van der Waals surface area contributed by atoms with Crippen LogP contribution < -0.4 is 30.5 Å². The van der Waals surface area contributed by atoms with E-state index >= 15 is 0 Å². The van der Waals surface area contributed by atoms with E-state index in [0.29, 0.717) is 68.3 Å². The first-order chi connectivity index (χ1) is 16.5. The van der Waals surface area contributed by atoms with Crippen molar-refractivity contribution in [3.05, 3.63) is 46.1 Å². The molecule has 0 spiro atoms. The van der Waals surface area contributed by atoms with Crippen LogP contribution in [0, 0.1) is 11.3 Å². The minimum atomic E-state index is 0.334. The van der Waals surface area contributed by atoms with Crippen molar-refractivity contribution in [3.8, 4) is 23.3 Å². The van der Waals surface area contributed by atoms with E-state index < -0.39 is 0 Å². The Balaban J connectivity index is 1.64. The second-order valence-corrected chi connectivity index (χ2v) is 7.93. The zero-order valence-electron chi connectivity index (χ0n) is 18.4. The van der Waals surface area contributed by atoms with Gasteiger partial charge in [-0.3, -0.25) is 10.4 Å². The molecule has 0 radical (unpaired) electrons. The maximum absolute atomic E-state index is 9.70. The fourth-order valence-corrected chi connectivity index (χ4v) is 3.86. The van der Waals surface area contributed by atoms with E-state index in [4.69, 9.17) is 37.4 Å². The van der Waals surface area contributed by atoms with Crippen molar-refractivity contribution in [2.75, 3.05) is 32.7 Å². The van der Waals surface area contributed by atoms with Crippen molar-refractivity contribution < 1.29 is 14.2 Å². The van der Waals surface area contributed by atoms with E-state index in [0.717, 1.165) is 6.42 Å². The van der Waals surface area contributed by atoms with E-state index in [1.54, 1.807) is 42.8 Å². The molecule has 0 fully saturated rings. The number of halogens is 2. The monoisotopic (exact) mass is 501 g/mol. The van der Waals surface area contributed by atoms with Crippen LogP contribution in [0.2, 0.25) is 10.0 Å². The quantitative estimate of drug-likeness (QED) is 0.370. The van der Waals surface area contributed by atoms with Crippen LogP contribution in [0.15, 0.2) is 35.6 Å². The standard InChI is InChI=1S/C22H21Cl2N7O3/c1-32-19-9-18(15(23)7-16(19)24)29-22-13(10-25)11-26-17-8-21(20(33-2)6-14(17)22)34-5-3-4-31-28-12-27-30-31/h6-9,11-12,30H,3-5H2,1-2H3,(H,26,29)(H,27,28). The van der Waals surface area contributed by atoms with Crippen LogP contribution in [0.4, 0.5) is 11.4 Å². The molecule has 2 aromatic carbocycles. The van der Waals surface area contributed by atoms with E-state index in [9.17, 15) is 5.26 Å². The average Bonchev–Trinajstić information content (AvgIpc) is 3.36. The van der Waals surface area contributed by atoms with Gasteiger partial charge in [-0.2, -0.15) is 10.4 Å². The fourth-order valence-electron chi connectivity index (χ4n) is 3.35. The number of fused-ring (bicyclic) bond motifs is 1. The van der Waals surface area contributed by atoms with E-state index in [1.165, 1.54) is 13.3 Å². The van der Waals surface area contributed by atoms with Crippen LogP contribution >= 0.6 is 23.2 Å². The van der Waals surface area contributed by atoms with Crippen molar-refractivity contribution in [2.45, 2.75) is 6.42 Å². The molecule has 176 valence electrons. The molecule has 12 heteroatoms. The number of pyridine rings is 1. The molecular weight excluding hydrogens is 481 g/mol. The highest BCUT2D eigenvalue weighted by molar-refractivity contribution is 6.37. The Morgan fingerprint density at radius 1 is 1.09 bits per heavy atom. The third-order valence-electron chi connectivity index (χ3n) is 5.02. The number of methoxy groups -OCH3 is 2. The summed E-state index contributed by atoms with van der Waals surface area (Å²) in [7, 11) is 3.07. The fraction of sp³-hybridized carbons (Fsp3) is 0.227. The molecule has 0 atom stereocenters. The number of nitrogens with one attached hydrogen (secondary N) is 3. The van der Waals surface area contributed by atoms with Gasteiger partial charge in [0.05, 0.1) is 53.3 Å². The number of hydrazine groups is 2. The molecule has 1 aromatic heterocycles. The molecule has 4 rings (SSSR count). The largest absolute Gasteiger partial charge is 0.495 e. The molecule has 1 aliphatic rings. The van der Waals surface area contributed by atoms with Gasteiger partial charge in [0.1, 0.15) is 18.2 Å². The number of nitriles is 1. The highest BCUT2D eigenvalue weighted by Gasteiger charge is 2.17.